The second kappa shape index (κ2) is 2.13. The predicted molar refractivity (Wildman–Crippen MR) is 44.6 cm³/mol. The van der Waals surface area contributed by atoms with Crippen molar-refractivity contribution in [2.75, 3.05) is 5.73 Å². The highest BCUT2D eigenvalue weighted by molar-refractivity contribution is 6.29. The molecule has 0 spiro atoms. The zero-order valence-electron chi connectivity index (χ0n) is 5.66. The highest BCUT2D eigenvalue weighted by atomic mass is 35.5. The highest BCUT2D eigenvalue weighted by Crippen LogP contribution is 2.16. The van der Waals surface area contributed by atoms with Gasteiger partial charge in [-0.2, -0.15) is 0 Å². The van der Waals surface area contributed by atoms with Gasteiger partial charge in [-0.15, -0.1) is 0 Å². The molecule has 0 unspecified atom stereocenters. The van der Waals surface area contributed by atoms with E-state index < -0.39 is 0 Å². The van der Waals surface area contributed by atoms with Crippen molar-refractivity contribution < 1.29 is 0 Å². The van der Waals surface area contributed by atoms with Crippen molar-refractivity contribution in [3.05, 3.63) is 29.7 Å². The van der Waals surface area contributed by atoms with Crippen LogP contribution in [0, 0.1) is 0 Å². The molecule has 0 saturated heterocycles. The van der Waals surface area contributed by atoms with Gasteiger partial charge in [-0.25, -0.2) is 4.98 Å². The number of hydrogen-bond donors (Lipinski definition) is 1. The number of hydrogen-bond acceptors (Lipinski definition) is 2. The van der Waals surface area contributed by atoms with Crippen molar-refractivity contribution in [1.82, 2.24) is 9.38 Å². The number of anilines is 1. The van der Waals surface area contributed by atoms with Crippen LogP contribution in [0.4, 0.5) is 5.69 Å². The molecule has 2 aromatic heterocycles. The lowest BCUT2D eigenvalue weighted by Crippen LogP contribution is -1.91. The normalized spacial score (nSPS) is 10.6. The van der Waals surface area contributed by atoms with Crippen LogP contribution in [0.15, 0.2) is 24.5 Å². The summed E-state index contributed by atoms with van der Waals surface area (Å²) in [6.45, 7) is 0. The summed E-state index contributed by atoms with van der Waals surface area (Å²) in [7, 11) is 0. The third kappa shape index (κ3) is 0.851. The molecular formula is C7H6ClN3. The third-order valence-corrected chi connectivity index (χ3v) is 1.80. The maximum Gasteiger partial charge on any atom is 0.161 e. The molecule has 0 radical (unpaired) electrons. The van der Waals surface area contributed by atoms with E-state index in [0.29, 0.717) is 16.5 Å². The van der Waals surface area contributed by atoms with E-state index in [9.17, 15) is 0 Å². The smallest absolute Gasteiger partial charge is 0.161 e. The Bertz CT molecular complexity index is 393. The summed E-state index contributed by atoms with van der Waals surface area (Å²) in [4.78, 5) is 4.02. The average molecular weight is 168 g/mol. The Labute approximate surface area is 68.4 Å². The van der Waals surface area contributed by atoms with Crippen molar-refractivity contribution in [3.8, 4) is 0 Å². The van der Waals surface area contributed by atoms with E-state index >= 15 is 0 Å². The Morgan fingerprint density at radius 1 is 1.55 bits per heavy atom. The molecule has 0 aromatic carbocycles. The average Bonchev–Trinajstić information content (AvgIpc) is 2.35. The van der Waals surface area contributed by atoms with Gasteiger partial charge in [-0.3, -0.25) is 4.40 Å². The minimum Gasteiger partial charge on any atom is -0.396 e. The van der Waals surface area contributed by atoms with Gasteiger partial charge in [-0.05, 0) is 12.1 Å². The van der Waals surface area contributed by atoms with Crippen molar-refractivity contribution in [3.63, 3.8) is 0 Å². The number of aromatic nitrogens is 2. The maximum absolute atomic E-state index is 5.79. The number of nitrogens with zero attached hydrogens (tertiary/aromatic N) is 2. The van der Waals surface area contributed by atoms with E-state index in [4.69, 9.17) is 17.3 Å². The van der Waals surface area contributed by atoms with Gasteiger partial charge in [0.25, 0.3) is 0 Å². The molecule has 0 aliphatic heterocycles. The van der Waals surface area contributed by atoms with Gasteiger partial charge < -0.3 is 5.73 Å². The molecule has 0 amide bonds. The van der Waals surface area contributed by atoms with Crippen molar-refractivity contribution >= 4 is 22.9 Å². The Morgan fingerprint density at radius 3 is 3.09 bits per heavy atom. The van der Waals surface area contributed by atoms with E-state index in [2.05, 4.69) is 4.98 Å². The number of pyridine rings is 1. The molecule has 11 heavy (non-hydrogen) atoms. The number of imidazole rings is 1. The largest absolute Gasteiger partial charge is 0.396 e. The Kier molecular flexibility index (Phi) is 1.26. The summed E-state index contributed by atoms with van der Waals surface area (Å²) in [6.07, 6.45) is 3.40. The van der Waals surface area contributed by atoms with E-state index in [1.54, 1.807) is 16.7 Å². The highest BCUT2D eigenvalue weighted by Gasteiger charge is 2.00. The summed E-state index contributed by atoms with van der Waals surface area (Å²) in [5, 5.41) is 0.576. The molecule has 0 aliphatic carbocycles. The van der Waals surface area contributed by atoms with E-state index in [-0.39, 0.29) is 0 Å². The topological polar surface area (TPSA) is 43.3 Å². The molecule has 0 fully saturated rings. The fraction of sp³-hybridized carbons (Fsp3) is 0. The Balaban J connectivity index is 2.94. The molecule has 2 aromatic rings. The first-order valence-electron chi connectivity index (χ1n) is 3.16. The van der Waals surface area contributed by atoms with Crippen LogP contribution in [0.5, 0.6) is 0 Å². The van der Waals surface area contributed by atoms with Gasteiger partial charge in [0.15, 0.2) is 5.65 Å². The van der Waals surface area contributed by atoms with Gasteiger partial charge in [-0.1, -0.05) is 11.6 Å². The molecule has 2 heterocycles. The molecule has 56 valence electrons. The molecule has 3 nitrogen and oxygen atoms in total. The first kappa shape index (κ1) is 6.49. The van der Waals surface area contributed by atoms with E-state index in [1.165, 1.54) is 0 Å². The number of nitrogens with two attached hydrogens (primary N) is 1. The van der Waals surface area contributed by atoms with Crippen LogP contribution < -0.4 is 5.73 Å². The first-order valence-corrected chi connectivity index (χ1v) is 3.54. The Hall–Kier alpha value is -1.22. The van der Waals surface area contributed by atoms with Crippen LogP contribution in [0.3, 0.4) is 0 Å². The first-order chi connectivity index (χ1) is 5.29. The van der Waals surface area contributed by atoms with Crippen LogP contribution in [0.2, 0.25) is 5.15 Å². The molecule has 2 N–H and O–H groups in total. The molecule has 0 aliphatic rings. The lowest BCUT2D eigenvalue weighted by Gasteiger charge is -1.95. The molecule has 4 heteroatoms. The summed E-state index contributed by atoms with van der Waals surface area (Å²) < 4.78 is 1.73. The van der Waals surface area contributed by atoms with Crippen LogP contribution in [0.1, 0.15) is 0 Å². The van der Waals surface area contributed by atoms with Gasteiger partial charge in [0.1, 0.15) is 5.15 Å². The zero-order chi connectivity index (χ0) is 7.84. The lowest BCUT2D eigenvalue weighted by atomic mass is 10.4. The summed E-state index contributed by atoms with van der Waals surface area (Å²) in [6, 6.07) is 3.62. The predicted octanol–water partition coefficient (Wildman–Crippen LogP) is 1.57. The number of rotatable bonds is 0. The summed E-state index contributed by atoms with van der Waals surface area (Å²) in [5.41, 5.74) is 6.97. The summed E-state index contributed by atoms with van der Waals surface area (Å²) in [5.74, 6) is 0. The van der Waals surface area contributed by atoms with Crippen molar-refractivity contribution in [1.29, 1.82) is 0 Å². The van der Waals surface area contributed by atoms with Crippen molar-refractivity contribution in [2.24, 2.45) is 0 Å². The van der Waals surface area contributed by atoms with Gasteiger partial charge in [0.05, 0.1) is 11.9 Å². The second-order valence-corrected chi connectivity index (χ2v) is 2.63. The lowest BCUT2D eigenvalue weighted by molar-refractivity contribution is 1.19. The van der Waals surface area contributed by atoms with Crippen molar-refractivity contribution in [2.45, 2.75) is 0 Å². The minimum atomic E-state index is 0.576. The fourth-order valence-electron chi connectivity index (χ4n) is 1.00. The third-order valence-electron chi connectivity index (χ3n) is 1.52. The molecule has 0 saturated carbocycles. The van der Waals surface area contributed by atoms with E-state index in [0.717, 1.165) is 0 Å². The fourth-order valence-corrected chi connectivity index (χ4v) is 1.19. The van der Waals surface area contributed by atoms with Gasteiger partial charge in [0, 0.05) is 6.20 Å². The molecule has 2 rings (SSSR count). The second-order valence-electron chi connectivity index (χ2n) is 2.24. The molecular weight excluding hydrogens is 162 g/mol. The molecule has 0 atom stereocenters. The summed E-state index contributed by atoms with van der Waals surface area (Å²) >= 11 is 5.79. The monoisotopic (exact) mass is 167 g/mol. The van der Waals surface area contributed by atoms with Gasteiger partial charge in [0.2, 0.25) is 0 Å². The number of fused-ring (bicyclic) bond motifs is 1. The SMILES string of the molecule is Nc1cccn2c(Cl)cnc12. The number of nitrogen functional groups attached to an aromatic ring is 1. The van der Waals surface area contributed by atoms with Gasteiger partial charge >= 0.3 is 0 Å². The van der Waals surface area contributed by atoms with Crippen LogP contribution in [-0.2, 0) is 0 Å². The zero-order valence-corrected chi connectivity index (χ0v) is 6.42. The van der Waals surface area contributed by atoms with E-state index in [1.807, 2.05) is 12.3 Å². The van der Waals surface area contributed by atoms with Crippen LogP contribution in [-0.4, -0.2) is 9.38 Å². The maximum atomic E-state index is 5.79. The molecule has 0 bridgehead atoms. The van der Waals surface area contributed by atoms with Crippen LogP contribution in [0.25, 0.3) is 5.65 Å². The standard InChI is InChI=1S/C7H6ClN3/c8-6-4-10-7-5(9)2-1-3-11(6)7/h1-4H,9H2. The minimum absolute atomic E-state index is 0.576. The Morgan fingerprint density at radius 2 is 2.36 bits per heavy atom. The quantitative estimate of drug-likeness (QED) is 0.647. The number of halogens is 1. The van der Waals surface area contributed by atoms with Crippen LogP contribution >= 0.6 is 11.6 Å².